The minimum absolute atomic E-state index is 0.0737. The van der Waals surface area contributed by atoms with E-state index in [-0.39, 0.29) is 30.2 Å². The van der Waals surface area contributed by atoms with Crippen molar-refractivity contribution in [1.29, 1.82) is 0 Å². The number of aliphatic hydroxyl groups excluding tert-OH is 1. The number of halogens is 1. The molecule has 4 aliphatic rings. The van der Waals surface area contributed by atoms with E-state index in [1.807, 2.05) is 45.3 Å². The van der Waals surface area contributed by atoms with Gasteiger partial charge in [-0.3, -0.25) is 14.3 Å². The zero-order valence-electron chi connectivity index (χ0n) is 38.3. The summed E-state index contributed by atoms with van der Waals surface area (Å²) in [5, 5.41) is 25.0. The number of hydrogen-bond acceptors (Lipinski definition) is 13. The maximum Gasteiger partial charge on any atom is 0.319 e. The number of fused-ring (bicyclic) bond motifs is 2. The van der Waals surface area contributed by atoms with Crippen LogP contribution in [0.25, 0.3) is 44.1 Å². The number of ether oxygens (including phenoxy) is 4. The summed E-state index contributed by atoms with van der Waals surface area (Å²) in [6.07, 6.45) is 8.53. The number of aliphatic hydroxyl groups is 1. The number of aryl methyl sites for hydroxylation is 1. The average Bonchev–Trinajstić information content (AvgIpc) is 3.73. The Hall–Kier alpha value is -4.94. The Bertz CT molecular complexity index is 2820. The van der Waals surface area contributed by atoms with Gasteiger partial charge in [0, 0.05) is 85.4 Å². The highest BCUT2D eigenvalue weighted by molar-refractivity contribution is 14.2. The Kier molecular flexibility index (Phi) is 13.4. The number of nitrogens with zero attached hydrogens (tertiary/aromatic N) is 8. The fourth-order valence-corrected chi connectivity index (χ4v) is 11.5. The van der Waals surface area contributed by atoms with Crippen LogP contribution in [0.4, 0.5) is 11.5 Å². The van der Waals surface area contributed by atoms with Crippen molar-refractivity contribution >= 4 is 73.9 Å². The van der Waals surface area contributed by atoms with Crippen molar-refractivity contribution in [3.05, 3.63) is 71.2 Å². The Morgan fingerprint density at radius 2 is 1.78 bits per heavy atom. The summed E-state index contributed by atoms with van der Waals surface area (Å²) in [5.74, 6) is 1.59. The van der Waals surface area contributed by atoms with E-state index in [0.29, 0.717) is 94.2 Å². The van der Waals surface area contributed by atoms with Crippen LogP contribution in [0.15, 0.2) is 48.8 Å². The highest BCUT2D eigenvalue weighted by Crippen LogP contribution is 2.53. The number of β-amino-alcohol motifs (C(OH)–C–C–N with tert-alkyl or cyclic N) is 1. The SMILES string of the molecule is CNc1cc(COc2c(-c3c(C)ccc4c3cnn4PI)c(C3CC3)cc3c(N4CCOCC4)nc(OC4CCOCC4)nc23)ccc1-c1cn(C(C(=O)N2CCC(O)C2)C(C)C)nc1C=O. The van der Waals surface area contributed by atoms with Gasteiger partial charge >= 0.3 is 6.01 Å². The van der Waals surface area contributed by atoms with Crippen LogP contribution in [0.3, 0.4) is 0 Å². The predicted octanol–water partition coefficient (Wildman–Crippen LogP) is 8.11. The molecular weight excluding hydrogens is 984 g/mol. The second-order valence-electron chi connectivity index (χ2n) is 18.4. The highest BCUT2D eigenvalue weighted by atomic mass is 127. The van der Waals surface area contributed by atoms with E-state index in [0.717, 1.165) is 87.6 Å². The van der Waals surface area contributed by atoms with E-state index in [9.17, 15) is 14.7 Å². The van der Waals surface area contributed by atoms with Crippen LogP contribution in [0.5, 0.6) is 11.8 Å². The average molecular weight is 1040 g/mol. The summed E-state index contributed by atoms with van der Waals surface area (Å²) < 4.78 is 29.1. The summed E-state index contributed by atoms with van der Waals surface area (Å²) in [6, 6.07) is 12.4. The van der Waals surface area contributed by atoms with Gasteiger partial charge in [0.15, 0.2) is 12.0 Å². The smallest absolute Gasteiger partial charge is 0.319 e. The van der Waals surface area contributed by atoms with E-state index in [2.05, 4.69) is 66.9 Å². The van der Waals surface area contributed by atoms with Gasteiger partial charge in [0.25, 0.3) is 0 Å². The molecular formula is C49H57IN9O7P. The first-order valence-electron chi connectivity index (χ1n) is 23.4. The lowest BCUT2D eigenvalue weighted by Gasteiger charge is -2.30. The monoisotopic (exact) mass is 1040 g/mol. The van der Waals surface area contributed by atoms with Crippen LogP contribution in [-0.2, 0) is 20.9 Å². The van der Waals surface area contributed by atoms with Crippen molar-refractivity contribution in [3.8, 4) is 34.0 Å². The summed E-state index contributed by atoms with van der Waals surface area (Å²) in [6.45, 7) is 10.9. The van der Waals surface area contributed by atoms with Crippen molar-refractivity contribution in [2.45, 2.75) is 83.6 Å². The van der Waals surface area contributed by atoms with Gasteiger partial charge in [-0.15, -0.1) is 0 Å². The van der Waals surface area contributed by atoms with E-state index >= 15 is 0 Å². The van der Waals surface area contributed by atoms with Gasteiger partial charge in [0.2, 0.25) is 5.91 Å². The molecule has 6 heterocycles. The third-order valence-corrected chi connectivity index (χ3v) is 15.4. The number of nitrogens with one attached hydrogen (secondary N) is 1. The molecule has 3 atom stereocenters. The van der Waals surface area contributed by atoms with Crippen LogP contribution in [0, 0.1) is 12.8 Å². The first-order chi connectivity index (χ1) is 32.6. The molecule has 3 saturated heterocycles. The number of carbonyl (C=O) groups excluding carboxylic acids is 2. The molecule has 18 heteroatoms. The third kappa shape index (κ3) is 9.09. The molecule has 2 N–H and O–H groups in total. The maximum atomic E-state index is 13.8. The predicted molar refractivity (Wildman–Crippen MR) is 268 cm³/mol. The van der Waals surface area contributed by atoms with E-state index in [4.69, 9.17) is 34.0 Å². The molecule has 352 valence electrons. The van der Waals surface area contributed by atoms with Gasteiger partial charge < -0.3 is 39.2 Å². The number of rotatable bonds is 15. The van der Waals surface area contributed by atoms with Gasteiger partial charge in [-0.05, 0) is 101 Å². The molecule has 10 rings (SSSR count). The largest absolute Gasteiger partial charge is 0.486 e. The van der Waals surface area contributed by atoms with Crippen molar-refractivity contribution in [2.75, 3.05) is 69.9 Å². The number of amides is 1. The van der Waals surface area contributed by atoms with Gasteiger partial charge in [-0.25, -0.2) is 4.45 Å². The molecule has 6 aromatic rings. The number of aldehydes is 1. The van der Waals surface area contributed by atoms with Crippen molar-refractivity contribution in [3.63, 3.8) is 0 Å². The summed E-state index contributed by atoms with van der Waals surface area (Å²) >= 11 is 2.38. The van der Waals surface area contributed by atoms with Gasteiger partial charge in [-0.2, -0.15) is 20.2 Å². The maximum absolute atomic E-state index is 13.8. The van der Waals surface area contributed by atoms with Crippen molar-refractivity contribution in [1.82, 2.24) is 34.2 Å². The van der Waals surface area contributed by atoms with Crippen LogP contribution in [0.2, 0.25) is 0 Å². The Labute approximate surface area is 404 Å². The van der Waals surface area contributed by atoms with Crippen LogP contribution in [-0.4, -0.2) is 123 Å². The number of anilines is 2. The fourth-order valence-electron chi connectivity index (χ4n) is 9.91. The first-order valence-corrected chi connectivity index (χ1v) is 27.4. The number of benzene rings is 3. The molecule has 0 radical (unpaired) electrons. The zero-order chi connectivity index (χ0) is 46.3. The molecule has 3 aromatic carbocycles. The second kappa shape index (κ2) is 19.6. The van der Waals surface area contributed by atoms with E-state index in [1.165, 1.54) is 5.56 Å². The van der Waals surface area contributed by atoms with Gasteiger partial charge in [-0.1, -0.05) is 32.0 Å². The Morgan fingerprint density at radius 1 is 0.985 bits per heavy atom. The number of morpholine rings is 1. The summed E-state index contributed by atoms with van der Waals surface area (Å²) in [5.41, 5.74) is 9.44. The number of carbonyl (C=O) groups is 2. The normalized spacial score (nSPS) is 18.8. The van der Waals surface area contributed by atoms with Gasteiger partial charge in [0.1, 0.15) is 35.8 Å². The molecule has 16 nitrogen and oxygen atoms in total. The van der Waals surface area contributed by atoms with Crippen molar-refractivity contribution in [2.24, 2.45) is 5.92 Å². The second-order valence-corrected chi connectivity index (χ2v) is 20.4. The van der Waals surface area contributed by atoms with Crippen LogP contribution < -0.4 is 19.7 Å². The molecule has 1 saturated carbocycles. The molecule has 67 heavy (non-hydrogen) atoms. The topological polar surface area (TPSA) is 171 Å². The Morgan fingerprint density at radius 3 is 2.48 bits per heavy atom. The Balaban J connectivity index is 1.09. The summed E-state index contributed by atoms with van der Waals surface area (Å²) in [7, 11) is 1.85. The van der Waals surface area contributed by atoms with Gasteiger partial charge in [0.05, 0.1) is 50.6 Å². The highest BCUT2D eigenvalue weighted by Gasteiger charge is 2.36. The quantitative estimate of drug-likeness (QED) is 0.0575. The zero-order valence-corrected chi connectivity index (χ0v) is 41.5. The number of hydrogen-bond donors (Lipinski definition) is 2. The van der Waals surface area contributed by atoms with Crippen LogP contribution >= 0.6 is 28.4 Å². The minimum Gasteiger partial charge on any atom is -0.486 e. The third-order valence-electron chi connectivity index (χ3n) is 13.5. The molecule has 3 unspecified atom stereocenters. The fraction of sp³-hybridized carbons (Fsp3) is 0.469. The van der Waals surface area contributed by atoms with Crippen molar-refractivity contribution < 1.29 is 33.6 Å². The van der Waals surface area contributed by atoms with Crippen LogP contribution in [0.1, 0.15) is 85.1 Å². The number of likely N-dealkylation sites (tertiary alicyclic amines) is 1. The molecule has 1 aliphatic carbocycles. The molecule has 3 aliphatic heterocycles. The molecule has 0 spiro atoms. The van der Waals surface area contributed by atoms with E-state index in [1.54, 1.807) is 15.8 Å². The summed E-state index contributed by atoms with van der Waals surface area (Å²) in [4.78, 5) is 40.9. The molecule has 0 bridgehead atoms. The standard InChI is InChI=1S/C49H57IN9O7P/c1-28(2)45(48(62)57-14-11-32(61)24-57)58-25-38(40(26-60)55-58)34-9-6-30(21-39(34)51-4)27-65-46-43(42-29(3)5-10-41-37(42)23-52-59(41)67-50)35(31-7-8-31)22-36-44(46)53-49(66-33-12-17-63-18-13-33)54-47(36)56-15-19-64-20-16-56/h5-6,9-10,21-23,25-26,28,31-33,45,51,61,67H,7-8,11-20,24,27H2,1-4H3. The first kappa shape index (κ1) is 45.8. The molecule has 4 fully saturated rings. The lowest BCUT2D eigenvalue weighted by Crippen LogP contribution is -2.38. The molecule has 1 amide bonds. The number of aromatic nitrogens is 6. The lowest BCUT2D eigenvalue weighted by molar-refractivity contribution is -0.135. The lowest BCUT2D eigenvalue weighted by atomic mass is 9.89. The molecule has 3 aromatic heterocycles. The minimum atomic E-state index is -0.639. The van der Waals surface area contributed by atoms with E-state index < -0.39 is 12.1 Å².